The average molecular weight is 463 g/mol. The molecule has 0 radical (unpaired) electrons. The summed E-state index contributed by atoms with van der Waals surface area (Å²) in [5.41, 5.74) is 7.05. The molecule has 10 heteroatoms. The maximum Gasteiger partial charge on any atom is 0.259 e. The summed E-state index contributed by atoms with van der Waals surface area (Å²) in [4.78, 5) is 12.9. The van der Waals surface area contributed by atoms with E-state index in [1.165, 1.54) is 4.52 Å². The monoisotopic (exact) mass is 463 g/mol. The molecule has 1 aromatic carbocycles. The molecule has 0 saturated heterocycles. The van der Waals surface area contributed by atoms with Gasteiger partial charge in [0.2, 0.25) is 17.7 Å². The molecule has 4 rings (SSSR count). The molecule has 3 heterocycles. The number of nitrogens with two attached hydrogens (primary N) is 1. The second-order valence-corrected chi connectivity index (χ2v) is 6.65. The van der Waals surface area contributed by atoms with E-state index in [0.29, 0.717) is 29.9 Å². The number of benzene rings is 1. The van der Waals surface area contributed by atoms with Crippen molar-refractivity contribution in [2.45, 2.75) is 6.42 Å². The van der Waals surface area contributed by atoms with Gasteiger partial charge in [-0.15, -0.1) is 5.10 Å². The molecular formula is C16H14IN7O2. The number of phenols is 1. The third kappa shape index (κ3) is 3.27. The number of rotatable bonds is 5. The highest BCUT2D eigenvalue weighted by Gasteiger charge is 2.13. The maximum atomic E-state index is 9.57. The lowest BCUT2D eigenvalue weighted by Crippen LogP contribution is -2.12. The van der Waals surface area contributed by atoms with E-state index in [9.17, 15) is 5.11 Å². The SMILES string of the molecule is Nc1nc(NCCc2ccc(O)c(I)c2)nc2nc(-c3ccco3)nn12. The predicted octanol–water partition coefficient (Wildman–Crippen LogP) is 2.33. The number of halogens is 1. The molecule has 132 valence electrons. The first kappa shape index (κ1) is 16.6. The summed E-state index contributed by atoms with van der Waals surface area (Å²) in [6.07, 6.45) is 2.29. The van der Waals surface area contributed by atoms with Gasteiger partial charge in [-0.1, -0.05) is 6.07 Å². The Bertz CT molecular complexity index is 1060. The normalized spacial score (nSPS) is 11.1. The molecule has 26 heavy (non-hydrogen) atoms. The van der Waals surface area contributed by atoms with Gasteiger partial charge in [-0.3, -0.25) is 0 Å². The molecule has 0 unspecified atom stereocenters. The fourth-order valence-electron chi connectivity index (χ4n) is 2.42. The molecule has 0 aliphatic carbocycles. The van der Waals surface area contributed by atoms with Gasteiger partial charge in [0, 0.05) is 6.54 Å². The van der Waals surface area contributed by atoms with Crippen LogP contribution < -0.4 is 11.1 Å². The molecule has 0 atom stereocenters. The smallest absolute Gasteiger partial charge is 0.259 e. The van der Waals surface area contributed by atoms with Crippen molar-refractivity contribution in [2.24, 2.45) is 0 Å². The van der Waals surface area contributed by atoms with E-state index < -0.39 is 0 Å². The van der Waals surface area contributed by atoms with Gasteiger partial charge < -0.3 is 20.6 Å². The van der Waals surface area contributed by atoms with Crippen LogP contribution in [0.1, 0.15) is 5.56 Å². The summed E-state index contributed by atoms with van der Waals surface area (Å²) in [6.45, 7) is 0.607. The van der Waals surface area contributed by atoms with Gasteiger partial charge in [-0.05, 0) is 58.8 Å². The van der Waals surface area contributed by atoms with Crippen molar-refractivity contribution in [3.05, 3.63) is 45.7 Å². The summed E-state index contributed by atoms with van der Waals surface area (Å²) >= 11 is 2.10. The molecule has 9 nitrogen and oxygen atoms in total. The van der Waals surface area contributed by atoms with Crippen LogP contribution in [-0.2, 0) is 6.42 Å². The molecule has 4 aromatic rings. The number of phenolic OH excluding ortho intramolecular Hbond substituents is 1. The van der Waals surface area contributed by atoms with Gasteiger partial charge >= 0.3 is 0 Å². The number of aromatic hydroxyl groups is 1. The van der Waals surface area contributed by atoms with Crippen molar-refractivity contribution in [1.29, 1.82) is 0 Å². The highest BCUT2D eigenvalue weighted by Crippen LogP contribution is 2.21. The second-order valence-electron chi connectivity index (χ2n) is 5.49. The largest absolute Gasteiger partial charge is 0.507 e. The Morgan fingerprint density at radius 2 is 2.12 bits per heavy atom. The summed E-state index contributed by atoms with van der Waals surface area (Å²) < 4.78 is 7.47. The summed E-state index contributed by atoms with van der Waals surface area (Å²) in [5, 5.41) is 17.0. The average Bonchev–Trinajstić information content (AvgIpc) is 3.27. The Morgan fingerprint density at radius 1 is 1.23 bits per heavy atom. The van der Waals surface area contributed by atoms with E-state index in [4.69, 9.17) is 10.2 Å². The Morgan fingerprint density at radius 3 is 2.88 bits per heavy atom. The third-order valence-electron chi connectivity index (χ3n) is 3.68. The fourth-order valence-corrected chi connectivity index (χ4v) is 3.00. The van der Waals surface area contributed by atoms with Gasteiger partial charge in [0.1, 0.15) is 5.75 Å². The van der Waals surface area contributed by atoms with Crippen molar-refractivity contribution in [1.82, 2.24) is 24.6 Å². The first-order valence-electron chi connectivity index (χ1n) is 7.75. The highest BCUT2D eigenvalue weighted by molar-refractivity contribution is 14.1. The standard InChI is InChI=1S/C16H14IN7O2/c17-10-8-9(3-4-11(10)25)5-6-19-15-21-14(18)24-16(22-15)20-13(23-24)12-2-1-7-26-12/h1-4,7-8,25H,5-6H2,(H3,18,19,20,21,22,23). The Kier molecular flexibility index (Phi) is 4.32. The van der Waals surface area contributed by atoms with Crippen molar-refractivity contribution in [2.75, 3.05) is 17.6 Å². The molecule has 0 bridgehead atoms. The van der Waals surface area contributed by atoms with Gasteiger partial charge in [0.25, 0.3) is 5.78 Å². The number of nitrogens with zero attached hydrogens (tertiary/aromatic N) is 5. The van der Waals surface area contributed by atoms with Crippen molar-refractivity contribution in [3.63, 3.8) is 0 Å². The van der Waals surface area contributed by atoms with E-state index in [1.54, 1.807) is 24.5 Å². The molecule has 0 spiro atoms. The first-order valence-corrected chi connectivity index (χ1v) is 8.83. The van der Waals surface area contributed by atoms with Crippen LogP contribution in [0.25, 0.3) is 17.4 Å². The number of nitrogens with one attached hydrogen (secondary N) is 1. The molecule has 0 amide bonds. The minimum atomic E-state index is 0.182. The van der Waals surface area contributed by atoms with Crippen molar-refractivity contribution < 1.29 is 9.52 Å². The topological polar surface area (TPSA) is 127 Å². The van der Waals surface area contributed by atoms with Crippen LogP contribution in [0.2, 0.25) is 0 Å². The quantitative estimate of drug-likeness (QED) is 0.385. The van der Waals surface area contributed by atoms with E-state index in [2.05, 4.69) is 48.0 Å². The van der Waals surface area contributed by atoms with Gasteiger partial charge in [0.15, 0.2) is 5.76 Å². The molecular weight excluding hydrogens is 449 g/mol. The van der Waals surface area contributed by atoms with E-state index >= 15 is 0 Å². The first-order chi connectivity index (χ1) is 12.6. The number of nitrogen functional groups attached to an aromatic ring is 1. The van der Waals surface area contributed by atoms with Crippen molar-refractivity contribution >= 4 is 40.3 Å². The molecule has 3 aromatic heterocycles. The van der Waals surface area contributed by atoms with Crippen LogP contribution in [0.15, 0.2) is 41.0 Å². The zero-order valence-corrected chi connectivity index (χ0v) is 15.6. The predicted molar refractivity (Wildman–Crippen MR) is 104 cm³/mol. The second kappa shape index (κ2) is 6.78. The van der Waals surface area contributed by atoms with E-state index in [0.717, 1.165) is 15.6 Å². The molecule has 0 aliphatic heterocycles. The van der Waals surface area contributed by atoms with Gasteiger partial charge in [-0.2, -0.15) is 19.5 Å². The zero-order valence-electron chi connectivity index (χ0n) is 13.4. The number of fused-ring (bicyclic) bond motifs is 1. The Hall–Kier alpha value is -2.89. The van der Waals surface area contributed by atoms with Crippen LogP contribution in [-0.4, -0.2) is 36.2 Å². The molecule has 0 fully saturated rings. The van der Waals surface area contributed by atoms with Crippen LogP contribution in [0, 0.1) is 3.57 Å². The summed E-state index contributed by atoms with van der Waals surface area (Å²) in [5.74, 6) is 2.11. The van der Waals surface area contributed by atoms with Crippen LogP contribution in [0.3, 0.4) is 0 Å². The number of furan rings is 1. The lowest BCUT2D eigenvalue weighted by Gasteiger charge is -2.07. The summed E-state index contributed by atoms with van der Waals surface area (Å²) in [6, 6.07) is 9.02. The third-order valence-corrected chi connectivity index (χ3v) is 4.55. The fraction of sp³-hybridized carbons (Fsp3) is 0.125. The summed E-state index contributed by atoms with van der Waals surface area (Å²) in [7, 11) is 0. The molecule has 0 saturated carbocycles. The van der Waals surface area contributed by atoms with Crippen LogP contribution in [0.5, 0.6) is 5.75 Å². The van der Waals surface area contributed by atoms with Crippen LogP contribution >= 0.6 is 22.6 Å². The Labute approximate surface area is 161 Å². The van der Waals surface area contributed by atoms with Gasteiger partial charge in [0.05, 0.1) is 9.83 Å². The zero-order chi connectivity index (χ0) is 18.1. The minimum Gasteiger partial charge on any atom is -0.507 e. The number of anilines is 2. The molecule has 4 N–H and O–H groups in total. The maximum absolute atomic E-state index is 9.57. The molecule has 0 aliphatic rings. The number of aromatic nitrogens is 5. The van der Waals surface area contributed by atoms with Crippen molar-refractivity contribution in [3.8, 4) is 17.3 Å². The van der Waals surface area contributed by atoms with E-state index in [-0.39, 0.29) is 11.7 Å². The number of hydrogen-bond acceptors (Lipinski definition) is 8. The van der Waals surface area contributed by atoms with E-state index in [1.807, 2.05) is 12.1 Å². The highest BCUT2D eigenvalue weighted by atomic mass is 127. The number of hydrogen-bond donors (Lipinski definition) is 3. The minimum absolute atomic E-state index is 0.182. The Balaban J connectivity index is 1.50. The van der Waals surface area contributed by atoms with Crippen LogP contribution in [0.4, 0.5) is 11.9 Å². The van der Waals surface area contributed by atoms with Gasteiger partial charge in [-0.25, -0.2) is 0 Å². The lowest BCUT2D eigenvalue weighted by atomic mass is 10.1. The lowest BCUT2D eigenvalue weighted by molar-refractivity contribution is 0.471.